The SMILES string of the molecule is O=C(O)/C(=C/c1c[nH]c2cc(Cl)ccc12)c1ccccc1. The number of hydrogen-bond acceptors (Lipinski definition) is 1. The zero-order valence-corrected chi connectivity index (χ0v) is 11.8. The molecular formula is C17H12ClNO2. The van der Waals surface area contributed by atoms with Crippen molar-refractivity contribution in [3.63, 3.8) is 0 Å². The number of rotatable bonds is 3. The normalized spacial score (nSPS) is 11.8. The van der Waals surface area contributed by atoms with Gasteiger partial charge in [-0.3, -0.25) is 0 Å². The maximum atomic E-state index is 11.5. The van der Waals surface area contributed by atoms with Crippen LogP contribution in [0.15, 0.2) is 54.7 Å². The predicted molar refractivity (Wildman–Crippen MR) is 85.3 cm³/mol. The summed E-state index contributed by atoms with van der Waals surface area (Å²) in [6, 6.07) is 14.6. The molecule has 0 aliphatic rings. The minimum absolute atomic E-state index is 0.256. The van der Waals surface area contributed by atoms with E-state index >= 15 is 0 Å². The summed E-state index contributed by atoms with van der Waals surface area (Å²) in [5, 5.41) is 11.0. The molecule has 0 saturated heterocycles. The van der Waals surface area contributed by atoms with Crippen molar-refractivity contribution in [1.29, 1.82) is 0 Å². The molecule has 21 heavy (non-hydrogen) atoms. The Morgan fingerprint density at radius 2 is 1.90 bits per heavy atom. The largest absolute Gasteiger partial charge is 0.478 e. The highest BCUT2D eigenvalue weighted by atomic mass is 35.5. The second-order valence-electron chi connectivity index (χ2n) is 4.66. The minimum Gasteiger partial charge on any atom is -0.478 e. The molecule has 4 heteroatoms. The van der Waals surface area contributed by atoms with E-state index in [9.17, 15) is 9.90 Å². The summed E-state index contributed by atoms with van der Waals surface area (Å²) in [6.45, 7) is 0. The van der Waals surface area contributed by atoms with E-state index in [1.54, 1.807) is 30.5 Å². The lowest BCUT2D eigenvalue weighted by atomic mass is 10.0. The molecule has 3 aromatic rings. The first kappa shape index (κ1) is 13.5. The Labute approximate surface area is 126 Å². The van der Waals surface area contributed by atoms with Gasteiger partial charge in [-0.2, -0.15) is 0 Å². The van der Waals surface area contributed by atoms with Gasteiger partial charge in [0.15, 0.2) is 0 Å². The van der Waals surface area contributed by atoms with Crippen LogP contribution in [0.1, 0.15) is 11.1 Å². The molecule has 1 aromatic heterocycles. The lowest BCUT2D eigenvalue weighted by Crippen LogP contribution is -1.99. The number of aromatic amines is 1. The fraction of sp³-hybridized carbons (Fsp3) is 0. The maximum absolute atomic E-state index is 11.5. The van der Waals surface area contributed by atoms with E-state index in [-0.39, 0.29) is 5.57 Å². The van der Waals surface area contributed by atoms with Crippen molar-refractivity contribution in [2.45, 2.75) is 0 Å². The van der Waals surface area contributed by atoms with Crippen LogP contribution in [0.2, 0.25) is 5.02 Å². The summed E-state index contributed by atoms with van der Waals surface area (Å²) in [7, 11) is 0. The summed E-state index contributed by atoms with van der Waals surface area (Å²) >= 11 is 5.95. The van der Waals surface area contributed by atoms with Gasteiger partial charge in [0.2, 0.25) is 0 Å². The van der Waals surface area contributed by atoms with Crippen molar-refractivity contribution in [1.82, 2.24) is 4.98 Å². The first-order chi connectivity index (χ1) is 10.1. The lowest BCUT2D eigenvalue weighted by Gasteiger charge is -2.02. The molecule has 0 radical (unpaired) electrons. The highest BCUT2D eigenvalue weighted by molar-refractivity contribution is 6.31. The summed E-state index contributed by atoms with van der Waals surface area (Å²) in [6.07, 6.45) is 3.46. The molecule has 0 atom stereocenters. The van der Waals surface area contributed by atoms with Crippen LogP contribution in [-0.2, 0) is 4.79 Å². The fourth-order valence-corrected chi connectivity index (χ4v) is 2.45. The molecule has 104 valence electrons. The van der Waals surface area contributed by atoms with Crippen LogP contribution in [0.5, 0.6) is 0 Å². The van der Waals surface area contributed by atoms with Gasteiger partial charge >= 0.3 is 5.97 Å². The Morgan fingerprint density at radius 3 is 2.62 bits per heavy atom. The summed E-state index contributed by atoms with van der Waals surface area (Å²) < 4.78 is 0. The van der Waals surface area contributed by atoms with E-state index < -0.39 is 5.97 Å². The van der Waals surface area contributed by atoms with Gasteiger partial charge in [-0.25, -0.2) is 4.79 Å². The van der Waals surface area contributed by atoms with Crippen molar-refractivity contribution in [2.75, 3.05) is 0 Å². The number of H-pyrrole nitrogens is 1. The standard InChI is InChI=1S/C17H12ClNO2/c18-13-6-7-14-12(10-19-16(14)9-13)8-15(17(20)21)11-4-2-1-3-5-11/h1-10,19H,(H,20,21)/b15-8+. The molecule has 0 fully saturated rings. The van der Waals surface area contributed by atoms with Gasteiger partial charge in [-0.05, 0) is 23.8 Å². The van der Waals surface area contributed by atoms with E-state index in [4.69, 9.17) is 11.6 Å². The molecule has 1 heterocycles. The van der Waals surface area contributed by atoms with Crippen molar-refractivity contribution in [2.24, 2.45) is 0 Å². The molecule has 0 unspecified atom stereocenters. The van der Waals surface area contributed by atoms with Gasteiger partial charge in [-0.1, -0.05) is 48.0 Å². The Kier molecular flexibility index (Phi) is 3.50. The number of nitrogens with one attached hydrogen (secondary N) is 1. The average Bonchev–Trinajstić information content (AvgIpc) is 2.87. The number of carbonyl (C=O) groups is 1. The third kappa shape index (κ3) is 2.69. The molecular weight excluding hydrogens is 286 g/mol. The van der Waals surface area contributed by atoms with Crippen molar-refractivity contribution in [3.05, 3.63) is 70.9 Å². The fourth-order valence-electron chi connectivity index (χ4n) is 2.28. The Hall–Kier alpha value is -2.52. The number of fused-ring (bicyclic) bond motifs is 1. The molecule has 0 saturated carbocycles. The monoisotopic (exact) mass is 297 g/mol. The first-order valence-electron chi connectivity index (χ1n) is 6.42. The lowest BCUT2D eigenvalue weighted by molar-refractivity contribution is -0.130. The average molecular weight is 298 g/mol. The zero-order chi connectivity index (χ0) is 14.8. The molecule has 2 N–H and O–H groups in total. The second-order valence-corrected chi connectivity index (χ2v) is 5.10. The van der Waals surface area contributed by atoms with Crippen molar-refractivity contribution >= 4 is 40.1 Å². The molecule has 0 spiro atoms. The van der Waals surface area contributed by atoms with E-state index in [1.165, 1.54) is 0 Å². The van der Waals surface area contributed by atoms with Gasteiger partial charge in [-0.15, -0.1) is 0 Å². The highest BCUT2D eigenvalue weighted by Crippen LogP contribution is 2.26. The van der Waals surface area contributed by atoms with Gasteiger partial charge < -0.3 is 10.1 Å². The highest BCUT2D eigenvalue weighted by Gasteiger charge is 2.11. The van der Waals surface area contributed by atoms with Gasteiger partial charge in [0, 0.05) is 27.7 Å². The summed E-state index contributed by atoms with van der Waals surface area (Å²) in [4.78, 5) is 14.6. The first-order valence-corrected chi connectivity index (χ1v) is 6.80. The molecule has 0 amide bonds. The number of aromatic nitrogens is 1. The Bertz CT molecular complexity index is 834. The van der Waals surface area contributed by atoms with E-state index in [0.29, 0.717) is 10.6 Å². The molecule has 0 bridgehead atoms. The molecule has 3 rings (SSSR count). The predicted octanol–water partition coefficient (Wildman–Crippen LogP) is 4.45. The topological polar surface area (TPSA) is 53.1 Å². The van der Waals surface area contributed by atoms with Crippen molar-refractivity contribution in [3.8, 4) is 0 Å². The maximum Gasteiger partial charge on any atom is 0.336 e. The zero-order valence-electron chi connectivity index (χ0n) is 11.0. The third-order valence-electron chi connectivity index (χ3n) is 3.29. The minimum atomic E-state index is -0.954. The number of halogens is 1. The number of carboxylic acids is 1. The van der Waals surface area contributed by atoms with Gasteiger partial charge in [0.25, 0.3) is 0 Å². The number of carboxylic acid groups (broad SMARTS) is 1. The number of benzene rings is 2. The van der Waals surface area contributed by atoms with Crippen LogP contribution in [0.25, 0.3) is 22.6 Å². The number of aliphatic carboxylic acids is 1. The molecule has 0 aliphatic heterocycles. The van der Waals surface area contributed by atoms with Crippen LogP contribution < -0.4 is 0 Å². The molecule has 2 aromatic carbocycles. The van der Waals surface area contributed by atoms with Crippen LogP contribution in [0, 0.1) is 0 Å². The Balaban J connectivity index is 2.14. The summed E-state index contributed by atoms with van der Waals surface area (Å²) in [5.41, 5.74) is 2.63. The summed E-state index contributed by atoms with van der Waals surface area (Å²) in [5.74, 6) is -0.954. The van der Waals surface area contributed by atoms with Gasteiger partial charge in [0.1, 0.15) is 0 Å². The van der Waals surface area contributed by atoms with Crippen LogP contribution in [0.4, 0.5) is 0 Å². The van der Waals surface area contributed by atoms with Gasteiger partial charge in [0.05, 0.1) is 5.57 Å². The second kappa shape index (κ2) is 5.46. The number of hydrogen-bond donors (Lipinski definition) is 2. The van der Waals surface area contributed by atoms with Crippen LogP contribution >= 0.6 is 11.6 Å². The molecule has 0 aliphatic carbocycles. The quantitative estimate of drug-likeness (QED) is 0.702. The van der Waals surface area contributed by atoms with E-state index in [0.717, 1.165) is 16.5 Å². The van der Waals surface area contributed by atoms with E-state index in [1.807, 2.05) is 30.3 Å². The third-order valence-corrected chi connectivity index (χ3v) is 3.53. The van der Waals surface area contributed by atoms with Crippen LogP contribution in [-0.4, -0.2) is 16.1 Å². The van der Waals surface area contributed by atoms with E-state index in [2.05, 4.69) is 4.98 Å². The molecule has 3 nitrogen and oxygen atoms in total. The smallest absolute Gasteiger partial charge is 0.336 e. The van der Waals surface area contributed by atoms with Crippen molar-refractivity contribution < 1.29 is 9.90 Å². The Morgan fingerprint density at radius 1 is 1.14 bits per heavy atom. The van der Waals surface area contributed by atoms with Crippen LogP contribution in [0.3, 0.4) is 0 Å².